The van der Waals surface area contributed by atoms with Crippen molar-refractivity contribution in [2.24, 2.45) is 5.73 Å². The minimum absolute atomic E-state index is 0.181. The maximum atomic E-state index is 13.4. The molecule has 3 N–H and O–H groups in total. The zero-order valence-corrected chi connectivity index (χ0v) is 11.1. The lowest BCUT2D eigenvalue weighted by Gasteiger charge is -2.15. The number of nitrogens with one attached hydrogen (secondary N) is 1. The lowest BCUT2D eigenvalue weighted by atomic mass is 10.1. The number of carbonyl (C=O) groups excluding carboxylic acids is 2. The van der Waals surface area contributed by atoms with E-state index in [4.69, 9.17) is 5.73 Å². The summed E-state index contributed by atoms with van der Waals surface area (Å²) in [6.07, 6.45) is -0.320. The quantitative estimate of drug-likeness (QED) is 0.775. The molecule has 0 saturated heterocycles. The second-order valence-corrected chi connectivity index (χ2v) is 4.56. The lowest BCUT2D eigenvalue weighted by molar-refractivity contribution is -0.127. The molecule has 0 aliphatic heterocycles. The number of hydrogen-bond acceptors (Lipinski definition) is 2. The minimum atomic E-state index is -0.935. The Morgan fingerprint density at radius 1 is 1.35 bits per heavy atom. The molecule has 0 bridgehead atoms. The fraction of sp³-hybridized carbons (Fsp3) is 0.286. The average Bonchev–Trinajstić information content (AvgIpc) is 2.32. The summed E-state index contributed by atoms with van der Waals surface area (Å²) in [5.41, 5.74) is 5.46. The van der Waals surface area contributed by atoms with Gasteiger partial charge in [-0.05, 0) is 25.5 Å². The van der Waals surface area contributed by atoms with Crippen LogP contribution >= 0.6 is 0 Å². The zero-order chi connectivity index (χ0) is 15.3. The third-order valence-electron chi connectivity index (χ3n) is 2.63. The largest absolute Gasteiger partial charge is 0.368 e. The smallest absolute Gasteiger partial charge is 0.240 e. The van der Waals surface area contributed by atoms with Gasteiger partial charge in [-0.15, -0.1) is 6.58 Å². The second kappa shape index (κ2) is 6.79. The van der Waals surface area contributed by atoms with Crippen LogP contribution in [0.2, 0.25) is 0 Å². The molecule has 0 radical (unpaired) electrons. The van der Waals surface area contributed by atoms with Crippen LogP contribution in [0.25, 0.3) is 0 Å². The lowest BCUT2D eigenvalue weighted by Crippen LogP contribution is -2.45. The second-order valence-electron chi connectivity index (χ2n) is 4.56. The molecule has 0 aliphatic carbocycles. The first-order chi connectivity index (χ1) is 9.31. The van der Waals surface area contributed by atoms with Crippen LogP contribution in [-0.2, 0) is 16.0 Å². The Morgan fingerprint density at radius 3 is 2.35 bits per heavy atom. The number of halogens is 2. The van der Waals surface area contributed by atoms with Crippen LogP contribution in [0.5, 0.6) is 0 Å². The Bertz CT molecular complexity index is 524. The molecule has 1 aromatic rings. The van der Waals surface area contributed by atoms with Crippen LogP contribution in [0.3, 0.4) is 0 Å². The Morgan fingerprint density at radius 2 is 1.90 bits per heavy atom. The number of primary amides is 1. The summed E-state index contributed by atoms with van der Waals surface area (Å²) in [6, 6.07) is 2.39. The van der Waals surface area contributed by atoms with E-state index in [2.05, 4.69) is 11.9 Å². The highest BCUT2D eigenvalue weighted by molar-refractivity contribution is 5.87. The number of carbonyl (C=O) groups is 2. The summed E-state index contributed by atoms with van der Waals surface area (Å²) in [6.45, 7) is 5.30. The van der Waals surface area contributed by atoms with E-state index < -0.39 is 35.9 Å². The molecule has 0 aliphatic rings. The van der Waals surface area contributed by atoms with Crippen molar-refractivity contribution in [1.82, 2.24) is 5.32 Å². The van der Waals surface area contributed by atoms with E-state index in [1.165, 1.54) is 6.07 Å². The molecule has 0 fully saturated rings. The van der Waals surface area contributed by atoms with Gasteiger partial charge < -0.3 is 11.1 Å². The summed E-state index contributed by atoms with van der Waals surface area (Å²) in [5, 5.41) is 2.34. The summed E-state index contributed by atoms with van der Waals surface area (Å²) in [4.78, 5) is 22.9. The van der Waals surface area contributed by atoms with E-state index in [-0.39, 0.29) is 12.0 Å². The predicted octanol–water partition coefficient (Wildman–Crippen LogP) is 1.44. The van der Waals surface area contributed by atoms with Gasteiger partial charge in [0.1, 0.15) is 17.7 Å². The fourth-order valence-electron chi connectivity index (χ4n) is 1.68. The van der Waals surface area contributed by atoms with Crippen molar-refractivity contribution < 1.29 is 18.4 Å². The van der Waals surface area contributed by atoms with Crippen LogP contribution in [0.1, 0.15) is 18.9 Å². The Hall–Kier alpha value is -2.24. The zero-order valence-electron chi connectivity index (χ0n) is 11.1. The first kappa shape index (κ1) is 15.8. The monoisotopic (exact) mass is 282 g/mol. The van der Waals surface area contributed by atoms with Crippen molar-refractivity contribution >= 4 is 11.8 Å². The average molecular weight is 282 g/mol. The molecule has 20 heavy (non-hydrogen) atoms. The molecule has 1 atom stereocenters. The van der Waals surface area contributed by atoms with E-state index in [1.54, 1.807) is 6.92 Å². The highest BCUT2D eigenvalue weighted by Gasteiger charge is 2.20. The van der Waals surface area contributed by atoms with Gasteiger partial charge in [-0.25, -0.2) is 8.78 Å². The topological polar surface area (TPSA) is 72.2 Å². The Kier molecular flexibility index (Phi) is 5.37. The van der Waals surface area contributed by atoms with Gasteiger partial charge in [0.15, 0.2) is 0 Å². The first-order valence-corrected chi connectivity index (χ1v) is 5.97. The molecule has 2 amide bonds. The molecule has 4 nitrogen and oxygen atoms in total. The maximum Gasteiger partial charge on any atom is 0.240 e. The Labute approximate surface area is 115 Å². The minimum Gasteiger partial charge on any atom is -0.368 e. The summed E-state index contributed by atoms with van der Waals surface area (Å²) in [5.74, 6) is -3.03. The van der Waals surface area contributed by atoms with Gasteiger partial charge in [-0.3, -0.25) is 9.59 Å². The first-order valence-electron chi connectivity index (χ1n) is 5.97. The molecule has 0 heterocycles. The van der Waals surface area contributed by atoms with E-state index in [0.29, 0.717) is 5.57 Å². The van der Waals surface area contributed by atoms with Crippen LogP contribution < -0.4 is 11.1 Å². The van der Waals surface area contributed by atoms with Crippen molar-refractivity contribution in [1.29, 1.82) is 0 Å². The van der Waals surface area contributed by atoms with Crippen molar-refractivity contribution in [2.75, 3.05) is 0 Å². The van der Waals surface area contributed by atoms with E-state index >= 15 is 0 Å². The van der Waals surface area contributed by atoms with Gasteiger partial charge >= 0.3 is 0 Å². The van der Waals surface area contributed by atoms with Crippen LogP contribution in [0, 0.1) is 11.6 Å². The van der Waals surface area contributed by atoms with E-state index in [0.717, 1.165) is 12.1 Å². The number of amides is 2. The van der Waals surface area contributed by atoms with Crippen LogP contribution in [0.15, 0.2) is 30.4 Å². The highest BCUT2D eigenvalue weighted by Crippen LogP contribution is 2.13. The van der Waals surface area contributed by atoms with Crippen LogP contribution in [0.4, 0.5) is 8.78 Å². The molecule has 0 saturated carbocycles. The SMILES string of the molecule is C=C(C)C[C@H](NC(=O)Cc1c(F)cccc1F)C(N)=O. The van der Waals surface area contributed by atoms with Gasteiger partial charge in [-0.2, -0.15) is 0 Å². The fourth-order valence-corrected chi connectivity index (χ4v) is 1.68. The number of benzene rings is 1. The van der Waals surface area contributed by atoms with Crippen molar-refractivity contribution in [3.05, 3.63) is 47.5 Å². The van der Waals surface area contributed by atoms with Crippen molar-refractivity contribution in [2.45, 2.75) is 25.8 Å². The molecule has 1 rings (SSSR count). The Balaban J connectivity index is 2.76. The standard InChI is InChI=1S/C14H16F2N2O2/c1-8(2)6-12(14(17)20)18-13(19)7-9-10(15)4-3-5-11(9)16/h3-5,12H,1,6-7H2,2H3,(H2,17,20)(H,18,19)/t12-/m0/s1. The molecule has 0 spiro atoms. The molecule has 6 heteroatoms. The molecular weight excluding hydrogens is 266 g/mol. The third kappa shape index (κ3) is 4.46. The molecule has 0 unspecified atom stereocenters. The molecular formula is C14H16F2N2O2. The number of rotatable bonds is 6. The summed E-state index contributed by atoms with van der Waals surface area (Å²) in [7, 11) is 0. The number of hydrogen-bond donors (Lipinski definition) is 2. The predicted molar refractivity (Wildman–Crippen MR) is 70.6 cm³/mol. The normalized spacial score (nSPS) is 11.8. The van der Waals surface area contributed by atoms with Gasteiger partial charge in [0.2, 0.25) is 11.8 Å². The van der Waals surface area contributed by atoms with Crippen molar-refractivity contribution in [3.8, 4) is 0 Å². The highest BCUT2D eigenvalue weighted by atomic mass is 19.1. The summed E-state index contributed by atoms with van der Waals surface area (Å²) < 4.78 is 26.8. The molecule has 108 valence electrons. The third-order valence-corrected chi connectivity index (χ3v) is 2.63. The van der Waals surface area contributed by atoms with Crippen molar-refractivity contribution in [3.63, 3.8) is 0 Å². The van der Waals surface area contributed by atoms with E-state index in [1.807, 2.05) is 0 Å². The van der Waals surface area contributed by atoms with Gasteiger partial charge in [0, 0.05) is 5.56 Å². The van der Waals surface area contributed by atoms with E-state index in [9.17, 15) is 18.4 Å². The van der Waals surface area contributed by atoms with Gasteiger partial charge in [-0.1, -0.05) is 11.6 Å². The van der Waals surface area contributed by atoms with Gasteiger partial charge in [0.25, 0.3) is 0 Å². The number of nitrogens with two attached hydrogens (primary N) is 1. The molecule has 0 aromatic heterocycles. The van der Waals surface area contributed by atoms with Crippen LogP contribution in [-0.4, -0.2) is 17.9 Å². The summed E-state index contributed by atoms with van der Waals surface area (Å²) >= 11 is 0. The van der Waals surface area contributed by atoms with Gasteiger partial charge in [0.05, 0.1) is 6.42 Å². The molecule has 1 aromatic carbocycles. The maximum absolute atomic E-state index is 13.4.